The fraction of sp³-hybridized carbons (Fsp3) is 0.308. The van der Waals surface area contributed by atoms with Crippen molar-refractivity contribution in [1.29, 1.82) is 0 Å². The molecule has 1 fully saturated rings. The van der Waals surface area contributed by atoms with E-state index < -0.39 is 11.9 Å². The Balaban J connectivity index is 1.69. The summed E-state index contributed by atoms with van der Waals surface area (Å²) in [4.78, 5) is 38.0. The molecule has 0 radical (unpaired) electrons. The first-order chi connectivity index (χ1) is 17.5. The highest BCUT2D eigenvalue weighted by Gasteiger charge is 2.32. The summed E-state index contributed by atoms with van der Waals surface area (Å²) in [5, 5.41) is 7.39. The molecule has 1 aliphatic heterocycles. The Morgan fingerprint density at radius 3 is 2.44 bits per heavy atom. The fourth-order valence-corrected chi connectivity index (χ4v) is 3.96. The lowest BCUT2D eigenvalue weighted by atomic mass is 10.0. The largest absolute Gasteiger partial charge is 0.483 e. The zero-order valence-electron chi connectivity index (χ0n) is 20.1. The predicted molar refractivity (Wildman–Crippen MR) is 129 cm³/mol. The first-order valence-electron chi connectivity index (χ1n) is 11.5. The minimum atomic E-state index is -0.767. The number of rotatable bonds is 9. The van der Waals surface area contributed by atoms with Gasteiger partial charge in [-0.1, -0.05) is 30.3 Å². The Kier molecular flexibility index (Phi) is 7.96. The average Bonchev–Trinajstić information content (AvgIpc) is 3.59. The Morgan fingerprint density at radius 2 is 1.75 bits per heavy atom. The van der Waals surface area contributed by atoms with Crippen molar-refractivity contribution in [2.24, 2.45) is 0 Å². The Bertz CT molecular complexity index is 1230. The van der Waals surface area contributed by atoms with Gasteiger partial charge in [-0.3, -0.25) is 4.79 Å². The van der Waals surface area contributed by atoms with Crippen LogP contribution in [-0.4, -0.2) is 67.7 Å². The molecular formula is C26H27N3O7. The molecule has 188 valence electrons. The first kappa shape index (κ1) is 24.9. The maximum Gasteiger partial charge on any atom is 0.357 e. The van der Waals surface area contributed by atoms with Crippen LogP contribution in [0, 0.1) is 0 Å². The van der Waals surface area contributed by atoms with E-state index in [1.165, 1.54) is 18.9 Å². The number of nitrogens with one attached hydrogen (secondary N) is 1. The quantitative estimate of drug-likeness (QED) is 0.452. The number of hydrogen-bond acceptors (Lipinski definition) is 8. The third-order valence-corrected chi connectivity index (χ3v) is 5.71. The summed E-state index contributed by atoms with van der Waals surface area (Å²) >= 11 is 0. The fourth-order valence-electron chi connectivity index (χ4n) is 3.96. The van der Waals surface area contributed by atoms with E-state index in [1.807, 2.05) is 6.07 Å². The van der Waals surface area contributed by atoms with E-state index in [4.69, 9.17) is 18.9 Å². The van der Waals surface area contributed by atoms with Crippen molar-refractivity contribution in [3.63, 3.8) is 0 Å². The van der Waals surface area contributed by atoms with E-state index in [0.717, 1.165) is 12.8 Å². The smallest absolute Gasteiger partial charge is 0.357 e. The van der Waals surface area contributed by atoms with E-state index in [0.29, 0.717) is 30.2 Å². The zero-order chi connectivity index (χ0) is 25.5. The van der Waals surface area contributed by atoms with Gasteiger partial charge in [-0.05, 0) is 37.1 Å². The van der Waals surface area contributed by atoms with Crippen LogP contribution < -0.4 is 10.1 Å². The maximum absolute atomic E-state index is 12.9. The molecule has 1 N–H and O–H groups in total. The number of amides is 1. The van der Waals surface area contributed by atoms with Crippen molar-refractivity contribution in [3.05, 3.63) is 65.9 Å². The van der Waals surface area contributed by atoms with Gasteiger partial charge in [-0.15, -0.1) is 0 Å². The predicted octanol–water partition coefficient (Wildman–Crippen LogP) is 2.79. The molecule has 1 aliphatic rings. The summed E-state index contributed by atoms with van der Waals surface area (Å²) in [6.45, 7) is 0.872. The number of hydrogen-bond donors (Lipinski definition) is 1. The van der Waals surface area contributed by atoms with Crippen LogP contribution in [0.3, 0.4) is 0 Å². The summed E-state index contributed by atoms with van der Waals surface area (Å²) < 4.78 is 22.6. The van der Waals surface area contributed by atoms with E-state index in [1.54, 1.807) is 48.5 Å². The number of carbonyl (C=O) groups is 3. The summed E-state index contributed by atoms with van der Waals surface area (Å²) in [5.41, 5.74) is 0.939. The first-order valence-corrected chi connectivity index (χ1v) is 11.5. The van der Waals surface area contributed by atoms with E-state index in [9.17, 15) is 14.4 Å². The number of nitrogens with zero attached hydrogens (tertiary/aromatic N) is 2. The van der Waals surface area contributed by atoms with Crippen LogP contribution in [0.5, 0.6) is 5.75 Å². The van der Waals surface area contributed by atoms with Crippen LogP contribution in [0.4, 0.5) is 0 Å². The van der Waals surface area contributed by atoms with Crippen LogP contribution in [0.25, 0.3) is 16.9 Å². The van der Waals surface area contributed by atoms with Gasteiger partial charge in [-0.2, -0.15) is 5.10 Å². The third kappa shape index (κ3) is 5.38. The van der Waals surface area contributed by atoms with Crippen molar-refractivity contribution in [1.82, 2.24) is 15.1 Å². The number of aromatic nitrogens is 2. The number of carbonyl (C=O) groups excluding carboxylic acids is 3. The minimum absolute atomic E-state index is 0.0162. The van der Waals surface area contributed by atoms with Crippen molar-refractivity contribution < 1.29 is 33.3 Å². The number of para-hydroxylation sites is 2. The normalized spacial score (nSPS) is 14.8. The summed E-state index contributed by atoms with van der Waals surface area (Å²) in [6, 6.07) is 15.7. The molecule has 10 nitrogen and oxygen atoms in total. The molecule has 1 unspecified atom stereocenters. The second-order valence-electron chi connectivity index (χ2n) is 8.03. The molecule has 1 amide bonds. The van der Waals surface area contributed by atoms with Gasteiger partial charge in [0.1, 0.15) is 17.0 Å². The molecule has 2 aromatic carbocycles. The van der Waals surface area contributed by atoms with Crippen LogP contribution in [0.1, 0.15) is 33.7 Å². The summed E-state index contributed by atoms with van der Waals surface area (Å²) in [6.07, 6.45) is 1.91. The van der Waals surface area contributed by atoms with Gasteiger partial charge in [0.15, 0.2) is 12.3 Å². The molecule has 2 heterocycles. The number of ether oxygens (including phenoxy) is 4. The summed E-state index contributed by atoms with van der Waals surface area (Å²) in [7, 11) is 2.44. The summed E-state index contributed by atoms with van der Waals surface area (Å²) in [5.74, 6) is -1.52. The molecule has 0 spiro atoms. The average molecular weight is 494 g/mol. The molecule has 4 rings (SSSR count). The van der Waals surface area contributed by atoms with Crippen molar-refractivity contribution >= 4 is 17.8 Å². The lowest BCUT2D eigenvalue weighted by Crippen LogP contribution is -2.35. The molecule has 10 heteroatoms. The van der Waals surface area contributed by atoms with Gasteiger partial charge in [0.05, 0.1) is 26.0 Å². The second kappa shape index (κ2) is 11.5. The highest BCUT2D eigenvalue weighted by atomic mass is 16.5. The number of methoxy groups -OCH3 is 2. The van der Waals surface area contributed by atoms with Gasteiger partial charge in [0.2, 0.25) is 0 Å². The van der Waals surface area contributed by atoms with Gasteiger partial charge < -0.3 is 24.3 Å². The number of esters is 2. The van der Waals surface area contributed by atoms with E-state index in [2.05, 4.69) is 10.4 Å². The Hall–Kier alpha value is -4.18. The SMILES string of the molecule is COC(=O)c1c(-c2ccccc2OCC(=O)NCC2CCCO2)nn(-c2ccccc2)c1C(=O)OC. The van der Waals surface area contributed by atoms with Gasteiger partial charge >= 0.3 is 11.9 Å². The van der Waals surface area contributed by atoms with Crippen molar-refractivity contribution in [3.8, 4) is 22.7 Å². The second-order valence-corrected chi connectivity index (χ2v) is 8.03. The molecule has 1 saturated heterocycles. The molecule has 0 aliphatic carbocycles. The van der Waals surface area contributed by atoms with Crippen LogP contribution >= 0.6 is 0 Å². The standard InChI is InChI=1S/C26H27N3O7/c1-33-25(31)22-23(28-29(24(22)26(32)34-2)17-9-4-3-5-10-17)19-12-6-7-13-20(19)36-16-21(30)27-15-18-11-8-14-35-18/h3-7,9-10,12-13,18H,8,11,14-16H2,1-2H3,(H,27,30). The van der Waals surface area contributed by atoms with E-state index >= 15 is 0 Å². The third-order valence-electron chi connectivity index (χ3n) is 5.71. The lowest BCUT2D eigenvalue weighted by Gasteiger charge is -2.13. The number of benzene rings is 2. The lowest BCUT2D eigenvalue weighted by molar-refractivity contribution is -0.123. The maximum atomic E-state index is 12.9. The highest BCUT2D eigenvalue weighted by Crippen LogP contribution is 2.35. The molecule has 1 atom stereocenters. The molecule has 0 bridgehead atoms. The molecule has 3 aromatic rings. The minimum Gasteiger partial charge on any atom is -0.483 e. The Labute approximate surface area is 208 Å². The van der Waals surface area contributed by atoms with Crippen molar-refractivity contribution in [2.45, 2.75) is 18.9 Å². The molecular weight excluding hydrogens is 466 g/mol. The van der Waals surface area contributed by atoms with Crippen LogP contribution in [0.15, 0.2) is 54.6 Å². The topological polar surface area (TPSA) is 118 Å². The molecule has 1 aromatic heterocycles. The van der Waals surface area contributed by atoms with E-state index in [-0.39, 0.29) is 35.6 Å². The molecule has 36 heavy (non-hydrogen) atoms. The van der Waals surface area contributed by atoms with Gasteiger partial charge in [-0.25, -0.2) is 14.3 Å². The monoisotopic (exact) mass is 493 g/mol. The van der Waals surface area contributed by atoms with Crippen molar-refractivity contribution in [2.75, 3.05) is 34.0 Å². The van der Waals surface area contributed by atoms with Gasteiger partial charge in [0, 0.05) is 18.7 Å². The van der Waals surface area contributed by atoms with Gasteiger partial charge in [0.25, 0.3) is 5.91 Å². The zero-order valence-corrected chi connectivity index (χ0v) is 20.1. The Morgan fingerprint density at radius 1 is 1.03 bits per heavy atom. The molecule has 0 saturated carbocycles. The van der Waals surface area contributed by atoms with Crippen LogP contribution in [-0.2, 0) is 19.0 Å². The highest BCUT2D eigenvalue weighted by molar-refractivity contribution is 6.07. The van der Waals surface area contributed by atoms with Crippen LogP contribution in [0.2, 0.25) is 0 Å².